The highest BCUT2D eigenvalue weighted by molar-refractivity contribution is 5.93. The maximum absolute atomic E-state index is 12.0. The number of carbonyl (C=O) groups excluding carboxylic acids is 1. The third-order valence-corrected chi connectivity index (χ3v) is 4.15. The number of hydrogen-bond acceptors (Lipinski definition) is 1. The molecule has 0 atom stereocenters. The summed E-state index contributed by atoms with van der Waals surface area (Å²) >= 11 is 0. The van der Waals surface area contributed by atoms with Gasteiger partial charge in [-0.1, -0.05) is 24.3 Å². The molecule has 1 aromatic heterocycles. The van der Waals surface area contributed by atoms with E-state index in [1.54, 1.807) is 0 Å². The summed E-state index contributed by atoms with van der Waals surface area (Å²) in [5.41, 5.74) is 3.88. The zero-order chi connectivity index (χ0) is 15.7. The van der Waals surface area contributed by atoms with Gasteiger partial charge in [-0.3, -0.25) is 0 Å². The maximum atomic E-state index is 12.0. The predicted molar refractivity (Wildman–Crippen MR) is 90.8 cm³/mol. The van der Waals surface area contributed by atoms with E-state index < -0.39 is 0 Å². The van der Waals surface area contributed by atoms with E-state index in [0.717, 1.165) is 13.0 Å². The van der Waals surface area contributed by atoms with E-state index in [1.165, 1.54) is 22.0 Å². The Hall–Kier alpha value is -2.23. The number of para-hydroxylation sites is 1. The van der Waals surface area contributed by atoms with Crippen LogP contribution in [0, 0.1) is 0 Å². The van der Waals surface area contributed by atoms with Gasteiger partial charge in [0.1, 0.15) is 0 Å². The van der Waals surface area contributed by atoms with Crippen LogP contribution in [0.1, 0.15) is 25.8 Å². The van der Waals surface area contributed by atoms with Gasteiger partial charge in [-0.15, -0.1) is 0 Å². The number of fused-ring (bicyclic) bond motifs is 1. The van der Waals surface area contributed by atoms with E-state index >= 15 is 0 Å². The zero-order valence-corrected chi connectivity index (χ0v) is 13.5. The highest BCUT2D eigenvalue weighted by Crippen LogP contribution is 2.30. The Kier molecular flexibility index (Phi) is 3.92. The highest BCUT2D eigenvalue weighted by Gasteiger charge is 2.20. The fraction of sp³-hybridized carbons (Fsp3) is 0.389. The molecule has 4 nitrogen and oxygen atoms in total. The van der Waals surface area contributed by atoms with Crippen LogP contribution in [0.3, 0.4) is 0 Å². The van der Waals surface area contributed by atoms with Crippen molar-refractivity contribution in [1.82, 2.24) is 14.8 Å². The molecule has 1 aliphatic heterocycles. The number of nitrogens with zero attached hydrogens (tertiary/aromatic N) is 2. The fourth-order valence-electron chi connectivity index (χ4n) is 3.03. The molecule has 1 N–H and O–H groups in total. The van der Waals surface area contributed by atoms with Crippen LogP contribution < -0.4 is 5.32 Å². The second kappa shape index (κ2) is 5.87. The zero-order valence-electron chi connectivity index (χ0n) is 13.5. The topological polar surface area (TPSA) is 37.3 Å². The number of urea groups is 1. The number of benzene rings is 1. The number of hydrogen-bond donors (Lipinski definition) is 1. The number of carbonyl (C=O) groups is 1. The van der Waals surface area contributed by atoms with Crippen molar-refractivity contribution in [1.29, 1.82) is 0 Å². The molecule has 0 bridgehead atoms. The summed E-state index contributed by atoms with van der Waals surface area (Å²) in [7, 11) is 2.08. The van der Waals surface area contributed by atoms with Gasteiger partial charge in [0, 0.05) is 48.8 Å². The molecular weight excluding hydrogens is 274 g/mol. The molecule has 0 saturated heterocycles. The molecule has 2 heterocycles. The van der Waals surface area contributed by atoms with Crippen LogP contribution in [0.25, 0.3) is 16.5 Å². The molecule has 0 unspecified atom stereocenters. The van der Waals surface area contributed by atoms with E-state index in [0.29, 0.717) is 6.54 Å². The lowest BCUT2D eigenvalue weighted by Crippen LogP contribution is -2.44. The number of nitrogens with one attached hydrogen (secondary N) is 1. The number of aryl methyl sites for hydroxylation is 1. The number of amides is 2. The van der Waals surface area contributed by atoms with Crippen LogP contribution in [-0.4, -0.2) is 34.6 Å². The van der Waals surface area contributed by atoms with Gasteiger partial charge in [0.2, 0.25) is 0 Å². The molecule has 1 aromatic carbocycles. The standard InChI is InChI=1S/C18H23N3O/c1-13(2)19-18(22)21-10-8-14(9-11-21)16-12-20(3)17-7-5-4-6-15(16)17/h4-8,12-13H,9-11H2,1-3H3,(H,19,22). The van der Waals surface area contributed by atoms with Gasteiger partial charge in [0.05, 0.1) is 0 Å². The maximum Gasteiger partial charge on any atom is 0.317 e. The highest BCUT2D eigenvalue weighted by atomic mass is 16.2. The lowest BCUT2D eigenvalue weighted by atomic mass is 9.99. The summed E-state index contributed by atoms with van der Waals surface area (Å²) in [5.74, 6) is 0. The average Bonchev–Trinajstić information content (AvgIpc) is 2.84. The predicted octanol–water partition coefficient (Wildman–Crippen LogP) is 3.39. The molecule has 116 valence electrons. The van der Waals surface area contributed by atoms with E-state index in [9.17, 15) is 4.79 Å². The smallest absolute Gasteiger partial charge is 0.317 e. The van der Waals surface area contributed by atoms with Crippen LogP contribution in [0.5, 0.6) is 0 Å². The third-order valence-electron chi connectivity index (χ3n) is 4.15. The molecule has 0 aliphatic carbocycles. The van der Waals surface area contributed by atoms with Crippen molar-refractivity contribution in [2.45, 2.75) is 26.3 Å². The van der Waals surface area contributed by atoms with Crippen LogP contribution in [0.2, 0.25) is 0 Å². The van der Waals surface area contributed by atoms with Crippen molar-refractivity contribution in [2.75, 3.05) is 13.1 Å². The molecule has 0 spiro atoms. The van der Waals surface area contributed by atoms with Crippen molar-refractivity contribution in [3.63, 3.8) is 0 Å². The SMILES string of the molecule is CC(C)NC(=O)N1CC=C(c2cn(C)c3ccccc23)CC1. The van der Waals surface area contributed by atoms with Gasteiger partial charge >= 0.3 is 6.03 Å². The summed E-state index contributed by atoms with van der Waals surface area (Å²) in [5, 5.41) is 4.24. The average molecular weight is 297 g/mol. The fourth-order valence-corrected chi connectivity index (χ4v) is 3.03. The quantitative estimate of drug-likeness (QED) is 0.906. The normalized spacial score (nSPS) is 15.3. The molecule has 0 saturated carbocycles. The van der Waals surface area contributed by atoms with E-state index in [4.69, 9.17) is 0 Å². The minimum Gasteiger partial charge on any atom is -0.350 e. The van der Waals surface area contributed by atoms with Gasteiger partial charge in [-0.05, 0) is 31.9 Å². The van der Waals surface area contributed by atoms with Gasteiger partial charge in [-0.2, -0.15) is 0 Å². The Morgan fingerprint density at radius 3 is 2.73 bits per heavy atom. The first kappa shape index (κ1) is 14.7. The summed E-state index contributed by atoms with van der Waals surface area (Å²) in [4.78, 5) is 13.9. The molecule has 2 amide bonds. The molecule has 1 aliphatic rings. The lowest BCUT2D eigenvalue weighted by molar-refractivity contribution is 0.200. The first-order valence-corrected chi connectivity index (χ1v) is 7.85. The van der Waals surface area contributed by atoms with Crippen LogP contribution >= 0.6 is 0 Å². The van der Waals surface area contributed by atoms with Crippen molar-refractivity contribution in [3.8, 4) is 0 Å². The van der Waals surface area contributed by atoms with Crippen LogP contribution in [-0.2, 0) is 7.05 Å². The van der Waals surface area contributed by atoms with E-state index in [2.05, 4.69) is 53.5 Å². The first-order chi connectivity index (χ1) is 10.6. The number of aromatic nitrogens is 1. The molecule has 4 heteroatoms. The van der Waals surface area contributed by atoms with Crippen LogP contribution in [0.15, 0.2) is 36.5 Å². The summed E-state index contributed by atoms with van der Waals surface area (Å²) in [6.45, 7) is 5.42. The largest absolute Gasteiger partial charge is 0.350 e. The minimum absolute atomic E-state index is 0.0308. The van der Waals surface area contributed by atoms with E-state index in [1.807, 2.05) is 18.7 Å². The van der Waals surface area contributed by atoms with Crippen molar-refractivity contribution in [3.05, 3.63) is 42.1 Å². The molecule has 0 fully saturated rings. The number of rotatable bonds is 2. The minimum atomic E-state index is 0.0308. The molecule has 22 heavy (non-hydrogen) atoms. The lowest BCUT2D eigenvalue weighted by Gasteiger charge is -2.27. The molecular formula is C18H23N3O. The van der Waals surface area contributed by atoms with E-state index in [-0.39, 0.29) is 12.1 Å². The van der Waals surface area contributed by atoms with Gasteiger partial charge < -0.3 is 14.8 Å². The van der Waals surface area contributed by atoms with Gasteiger partial charge in [0.15, 0.2) is 0 Å². The summed E-state index contributed by atoms with van der Waals surface area (Å²) in [6, 6.07) is 8.67. The van der Waals surface area contributed by atoms with Crippen molar-refractivity contribution < 1.29 is 4.79 Å². The van der Waals surface area contributed by atoms with Gasteiger partial charge in [-0.25, -0.2) is 4.79 Å². The Morgan fingerprint density at radius 2 is 2.05 bits per heavy atom. The Morgan fingerprint density at radius 1 is 1.27 bits per heavy atom. The molecule has 3 rings (SSSR count). The summed E-state index contributed by atoms with van der Waals surface area (Å²) in [6.07, 6.45) is 5.28. The molecule has 2 aromatic rings. The molecule has 0 radical (unpaired) electrons. The first-order valence-electron chi connectivity index (χ1n) is 7.85. The second-order valence-corrected chi connectivity index (χ2v) is 6.20. The van der Waals surface area contributed by atoms with Crippen molar-refractivity contribution in [2.24, 2.45) is 7.05 Å². The Labute approximate surface area is 131 Å². The monoisotopic (exact) mass is 297 g/mol. The summed E-state index contributed by atoms with van der Waals surface area (Å²) < 4.78 is 2.17. The third kappa shape index (κ3) is 2.73. The Balaban J connectivity index is 1.82. The van der Waals surface area contributed by atoms with Crippen LogP contribution in [0.4, 0.5) is 4.79 Å². The Bertz CT molecular complexity index is 727. The van der Waals surface area contributed by atoms with Gasteiger partial charge in [0.25, 0.3) is 0 Å². The second-order valence-electron chi connectivity index (χ2n) is 6.20. The van der Waals surface area contributed by atoms with Crippen molar-refractivity contribution >= 4 is 22.5 Å².